The Morgan fingerprint density at radius 1 is 1.12 bits per heavy atom. The number of sulfone groups is 1. The summed E-state index contributed by atoms with van der Waals surface area (Å²) in [6.07, 6.45) is 3.00. The highest BCUT2D eigenvalue weighted by Crippen LogP contribution is 2.30. The van der Waals surface area contributed by atoms with E-state index in [1.807, 2.05) is 16.7 Å². The SMILES string of the molecule is CC1(c2ccc(S(C)(=O)=O)cc2)NC(=O)N(CC(=O)c2cn(CCC#N)c3ccccc23)C1=O. The van der Waals surface area contributed by atoms with Crippen molar-refractivity contribution in [1.29, 1.82) is 5.26 Å². The van der Waals surface area contributed by atoms with Gasteiger partial charge in [0.25, 0.3) is 5.91 Å². The number of rotatable bonds is 7. The average Bonchev–Trinajstić information content (AvgIpc) is 3.28. The van der Waals surface area contributed by atoms with Crippen LogP contribution in [0.3, 0.4) is 0 Å². The topological polar surface area (TPSA) is 129 Å². The number of aromatic nitrogens is 1. The second-order valence-electron chi connectivity index (χ2n) is 8.33. The number of Topliss-reactive ketones (excluding diaryl/α,β-unsaturated/α-hetero) is 1. The summed E-state index contributed by atoms with van der Waals surface area (Å²) in [6.45, 7) is 1.48. The van der Waals surface area contributed by atoms with Crippen molar-refractivity contribution in [2.45, 2.75) is 30.3 Å². The van der Waals surface area contributed by atoms with Gasteiger partial charge in [-0.3, -0.25) is 14.5 Å². The van der Waals surface area contributed by atoms with E-state index in [1.54, 1.807) is 18.3 Å². The molecule has 1 aliphatic heterocycles. The van der Waals surface area contributed by atoms with Crippen molar-refractivity contribution in [1.82, 2.24) is 14.8 Å². The standard InChI is InChI=1S/C24H22N4O5S/c1-24(16-8-10-17(11-9-16)34(2,32)33)22(30)28(23(31)26-24)15-21(29)19-14-27(13-5-12-25)20-7-4-3-6-18(19)20/h3-4,6-11,14H,5,13,15H2,1-2H3,(H,26,31). The Hall–Kier alpha value is -3.97. The first kappa shape index (κ1) is 23.2. The summed E-state index contributed by atoms with van der Waals surface area (Å²) in [4.78, 5) is 40.0. The van der Waals surface area contributed by atoms with Crippen LogP contribution >= 0.6 is 0 Å². The van der Waals surface area contributed by atoms with Crippen molar-refractivity contribution >= 4 is 38.5 Å². The zero-order valence-corrected chi connectivity index (χ0v) is 19.4. The van der Waals surface area contributed by atoms with Gasteiger partial charge in [0.1, 0.15) is 5.54 Å². The number of nitrogens with zero attached hydrogens (tertiary/aromatic N) is 3. The molecule has 0 saturated carbocycles. The lowest BCUT2D eigenvalue weighted by atomic mass is 9.92. The second kappa shape index (κ2) is 8.43. The van der Waals surface area contributed by atoms with Gasteiger partial charge in [-0.05, 0) is 30.7 Å². The molecule has 2 heterocycles. The fourth-order valence-corrected chi connectivity index (χ4v) is 4.76. The van der Waals surface area contributed by atoms with E-state index in [0.29, 0.717) is 23.1 Å². The summed E-state index contributed by atoms with van der Waals surface area (Å²) in [7, 11) is -3.41. The summed E-state index contributed by atoms with van der Waals surface area (Å²) >= 11 is 0. The Morgan fingerprint density at radius 2 is 1.79 bits per heavy atom. The summed E-state index contributed by atoms with van der Waals surface area (Å²) in [5.74, 6) is -1.02. The van der Waals surface area contributed by atoms with Crippen molar-refractivity contribution in [3.8, 4) is 6.07 Å². The zero-order chi connectivity index (χ0) is 24.7. The van der Waals surface area contributed by atoms with Gasteiger partial charge in [-0.2, -0.15) is 5.26 Å². The molecular formula is C24H22N4O5S. The van der Waals surface area contributed by atoms with Gasteiger partial charge in [0.15, 0.2) is 15.6 Å². The minimum Gasteiger partial charge on any atom is -0.346 e. The van der Waals surface area contributed by atoms with Crippen molar-refractivity contribution in [3.63, 3.8) is 0 Å². The van der Waals surface area contributed by atoms with E-state index in [-0.39, 0.29) is 11.3 Å². The fourth-order valence-electron chi connectivity index (χ4n) is 4.12. The number of carbonyl (C=O) groups is 3. The molecule has 3 aromatic rings. The number of urea groups is 1. The summed E-state index contributed by atoms with van der Waals surface area (Å²) in [6, 6.07) is 14.3. The molecule has 1 atom stereocenters. The van der Waals surface area contributed by atoms with Crippen LogP contribution in [0.15, 0.2) is 59.6 Å². The molecule has 1 saturated heterocycles. The number of para-hydroxylation sites is 1. The summed E-state index contributed by atoms with van der Waals surface area (Å²) < 4.78 is 25.3. The van der Waals surface area contributed by atoms with Crippen molar-refractivity contribution in [2.24, 2.45) is 0 Å². The van der Waals surface area contributed by atoms with Gasteiger partial charge in [0.2, 0.25) is 0 Å². The van der Waals surface area contributed by atoms with E-state index >= 15 is 0 Å². The first-order valence-corrected chi connectivity index (χ1v) is 12.4. The van der Waals surface area contributed by atoms with Crippen LogP contribution in [0.1, 0.15) is 29.3 Å². The number of ketones is 1. The second-order valence-corrected chi connectivity index (χ2v) is 10.3. The lowest BCUT2D eigenvalue weighted by molar-refractivity contribution is -0.130. The molecule has 0 spiro atoms. The molecule has 1 unspecified atom stereocenters. The van der Waals surface area contributed by atoms with Crippen LogP contribution in [0.5, 0.6) is 0 Å². The van der Waals surface area contributed by atoms with Gasteiger partial charge >= 0.3 is 6.03 Å². The van der Waals surface area contributed by atoms with E-state index in [1.165, 1.54) is 31.2 Å². The molecule has 10 heteroatoms. The van der Waals surface area contributed by atoms with E-state index in [4.69, 9.17) is 5.26 Å². The normalized spacial score (nSPS) is 18.2. The van der Waals surface area contributed by atoms with Crippen LogP contribution in [0.25, 0.3) is 10.9 Å². The molecule has 0 bridgehead atoms. The molecule has 1 aliphatic rings. The Kier molecular flexibility index (Phi) is 5.75. The largest absolute Gasteiger partial charge is 0.346 e. The number of hydrogen-bond acceptors (Lipinski definition) is 6. The molecule has 0 radical (unpaired) electrons. The van der Waals surface area contributed by atoms with Gasteiger partial charge in [0.05, 0.1) is 23.9 Å². The molecule has 1 aromatic heterocycles. The fraction of sp³-hybridized carbons (Fsp3) is 0.250. The van der Waals surface area contributed by atoms with Gasteiger partial charge < -0.3 is 9.88 Å². The number of nitrogens with one attached hydrogen (secondary N) is 1. The van der Waals surface area contributed by atoms with Crippen molar-refractivity contribution in [2.75, 3.05) is 12.8 Å². The van der Waals surface area contributed by atoms with E-state index in [2.05, 4.69) is 11.4 Å². The summed E-state index contributed by atoms with van der Waals surface area (Å²) in [5, 5.41) is 12.2. The third-order valence-corrected chi connectivity index (χ3v) is 7.12. The van der Waals surface area contributed by atoms with Crippen LogP contribution in [0.2, 0.25) is 0 Å². The monoisotopic (exact) mass is 478 g/mol. The number of hydrogen-bond donors (Lipinski definition) is 1. The van der Waals surface area contributed by atoms with Gasteiger partial charge in [-0.25, -0.2) is 13.2 Å². The maximum absolute atomic E-state index is 13.2. The van der Waals surface area contributed by atoms with Gasteiger partial charge in [-0.15, -0.1) is 0 Å². The highest BCUT2D eigenvalue weighted by Gasteiger charge is 2.49. The van der Waals surface area contributed by atoms with Crippen LogP contribution in [-0.4, -0.2) is 48.4 Å². The number of amides is 3. The number of fused-ring (bicyclic) bond motifs is 1. The van der Waals surface area contributed by atoms with Crippen molar-refractivity contribution in [3.05, 3.63) is 65.9 Å². The third-order valence-electron chi connectivity index (χ3n) is 5.99. The van der Waals surface area contributed by atoms with Gasteiger partial charge in [-0.1, -0.05) is 30.3 Å². The number of benzene rings is 2. The van der Waals surface area contributed by atoms with Gasteiger partial charge in [0, 0.05) is 35.5 Å². The molecule has 1 fully saturated rings. The Bertz CT molecular complexity index is 1470. The lowest BCUT2D eigenvalue weighted by Crippen LogP contribution is -2.41. The molecule has 2 aromatic carbocycles. The zero-order valence-electron chi connectivity index (χ0n) is 18.6. The minimum absolute atomic E-state index is 0.0939. The highest BCUT2D eigenvalue weighted by molar-refractivity contribution is 7.90. The average molecular weight is 479 g/mol. The van der Waals surface area contributed by atoms with E-state index < -0.39 is 39.6 Å². The molecular weight excluding hydrogens is 456 g/mol. The van der Waals surface area contributed by atoms with Crippen LogP contribution in [-0.2, 0) is 26.7 Å². The molecule has 9 nitrogen and oxygen atoms in total. The van der Waals surface area contributed by atoms with E-state index in [0.717, 1.165) is 16.7 Å². The first-order valence-electron chi connectivity index (χ1n) is 10.5. The lowest BCUT2D eigenvalue weighted by Gasteiger charge is -2.22. The number of carbonyl (C=O) groups excluding carboxylic acids is 3. The molecule has 3 amide bonds. The molecule has 1 N–H and O–H groups in total. The first-order chi connectivity index (χ1) is 16.1. The molecule has 34 heavy (non-hydrogen) atoms. The molecule has 4 rings (SSSR count). The third kappa shape index (κ3) is 3.95. The predicted molar refractivity (Wildman–Crippen MR) is 124 cm³/mol. The number of imide groups is 1. The minimum atomic E-state index is -3.41. The summed E-state index contributed by atoms with van der Waals surface area (Å²) in [5.41, 5.74) is 0.115. The smallest absolute Gasteiger partial charge is 0.325 e. The van der Waals surface area contributed by atoms with Crippen LogP contribution < -0.4 is 5.32 Å². The van der Waals surface area contributed by atoms with Crippen LogP contribution in [0.4, 0.5) is 4.79 Å². The number of nitriles is 1. The van der Waals surface area contributed by atoms with E-state index in [9.17, 15) is 22.8 Å². The Labute approximate surface area is 196 Å². The molecule has 174 valence electrons. The molecule has 0 aliphatic carbocycles. The maximum atomic E-state index is 13.2. The maximum Gasteiger partial charge on any atom is 0.325 e. The van der Waals surface area contributed by atoms with Crippen LogP contribution in [0, 0.1) is 11.3 Å². The predicted octanol–water partition coefficient (Wildman–Crippen LogP) is 2.61. The highest BCUT2D eigenvalue weighted by atomic mass is 32.2. The number of aryl methyl sites for hydroxylation is 1. The Morgan fingerprint density at radius 3 is 2.44 bits per heavy atom. The quantitative estimate of drug-likeness (QED) is 0.410. The van der Waals surface area contributed by atoms with Crippen molar-refractivity contribution < 1.29 is 22.8 Å². The Balaban J connectivity index is 1.61.